The first-order valence-corrected chi connectivity index (χ1v) is 6.19. The predicted molar refractivity (Wildman–Crippen MR) is 74.6 cm³/mol. The first-order valence-electron chi connectivity index (χ1n) is 6.19. The van der Waals surface area contributed by atoms with Crippen molar-refractivity contribution >= 4 is 11.7 Å². The number of esters is 1. The number of ether oxygens (including phenoxy) is 2. The van der Waals surface area contributed by atoms with Gasteiger partial charge < -0.3 is 15.2 Å². The monoisotopic (exact) mass is 275 g/mol. The molecule has 2 aromatic rings. The molecule has 2 rings (SSSR count). The van der Waals surface area contributed by atoms with Gasteiger partial charge in [0, 0.05) is 19.7 Å². The number of carbonyl (C=O) groups excluding carboxylic acids is 1. The minimum Gasteiger partial charge on any atom is -0.495 e. The highest BCUT2D eigenvalue weighted by Gasteiger charge is 2.14. The highest BCUT2D eigenvalue weighted by molar-refractivity contribution is 5.96. The Morgan fingerprint density at radius 3 is 2.90 bits per heavy atom. The van der Waals surface area contributed by atoms with E-state index in [0.29, 0.717) is 23.4 Å². The Labute approximate surface area is 117 Å². The number of aryl methyl sites for hydroxylation is 1. The van der Waals surface area contributed by atoms with Crippen LogP contribution in [0.3, 0.4) is 0 Å². The Balaban J connectivity index is 1.95. The van der Waals surface area contributed by atoms with E-state index in [1.807, 2.05) is 13.2 Å². The molecule has 0 fully saturated rings. The maximum absolute atomic E-state index is 12.0. The molecule has 1 heterocycles. The molecule has 20 heavy (non-hydrogen) atoms. The second-order valence-corrected chi connectivity index (χ2v) is 4.33. The molecule has 0 aliphatic heterocycles. The number of hydrogen-bond acceptors (Lipinski definition) is 5. The second-order valence-electron chi connectivity index (χ2n) is 4.33. The fourth-order valence-electron chi connectivity index (χ4n) is 1.84. The minimum absolute atomic E-state index is 0.279. The third kappa shape index (κ3) is 3.09. The molecule has 0 bridgehead atoms. The number of aromatic nitrogens is 2. The van der Waals surface area contributed by atoms with Crippen LogP contribution in [0.4, 0.5) is 5.69 Å². The molecule has 1 aromatic heterocycles. The van der Waals surface area contributed by atoms with Gasteiger partial charge in [0.25, 0.3) is 0 Å². The number of nitrogen functional groups attached to an aromatic ring is 1. The van der Waals surface area contributed by atoms with E-state index in [1.165, 1.54) is 7.11 Å². The minimum atomic E-state index is -0.453. The molecule has 0 spiro atoms. The van der Waals surface area contributed by atoms with Gasteiger partial charge in [-0.05, 0) is 17.7 Å². The summed E-state index contributed by atoms with van der Waals surface area (Å²) in [5.74, 6) is 0.0111. The number of methoxy groups -OCH3 is 1. The molecule has 0 aliphatic rings. The molecule has 6 heteroatoms. The number of nitrogens with zero attached hydrogens (tertiary/aromatic N) is 2. The molecule has 0 saturated carbocycles. The van der Waals surface area contributed by atoms with Gasteiger partial charge in [-0.25, -0.2) is 4.79 Å². The van der Waals surface area contributed by atoms with Crippen LogP contribution in [0.5, 0.6) is 5.75 Å². The number of para-hydroxylation sites is 1. The summed E-state index contributed by atoms with van der Waals surface area (Å²) in [5.41, 5.74) is 7.46. The molecule has 0 saturated heterocycles. The maximum atomic E-state index is 12.0. The van der Waals surface area contributed by atoms with Crippen molar-refractivity contribution in [2.75, 3.05) is 19.5 Å². The van der Waals surface area contributed by atoms with Crippen LogP contribution in [0.2, 0.25) is 0 Å². The molecule has 0 atom stereocenters. The van der Waals surface area contributed by atoms with Crippen LogP contribution < -0.4 is 10.5 Å². The van der Waals surface area contributed by atoms with E-state index in [1.54, 1.807) is 29.1 Å². The molecule has 0 aliphatic carbocycles. The van der Waals surface area contributed by atoms with Crippen LogP contribution in [-0.2, 0) is 18.2 Å². The molecule has 6 nitrogen and oxygen atoms in total. The van der Waals surface area contributed by atoms with Gasteiger partial charge in [0.05, 0.1) is 31.2 Å². The smallest absolute Gasteiger partial charge is 0.340 e. The van der Waals surface area contributed by atoms with Gasteiger partial charge in [-0.15, -0.1) is 0 Å². The lowest BCUT2D eigenvalue weighted by Gasteiger charge is -2.09. The van der Waals surface area contributed by atoms with Gasteiger partial charge >= 0.3 is 5.97 Å². The number of carbonyl (C=O) groups is 1. The van der Waals surface area contributed by atoms with Crippen LogP contribution in [0.25, 0.3) is 0 Å². The predicted octanol–water partition coefficient (Wildman–Crippen LogP) is 1.41. The van der Waals surface area contributed by atoms with E-state index in [2.05, 4.69) is 5.10 Å². The molecule has 2 N–H and O–H groups in total. The van der Waals surface area contributed by atoms with Gasteiger partial charge in [-0.3, -0.25) is 4.68 Å². The van der Waals surface area contributed by atoms with Crippen LogP contribution in [-0.4, -0.2) is 29.5 Å². The standard InChI is InChI=1S/C14H17N3O3/c1-17-9-10(8-16-17)6-7-20-14(18)11-4-3-5-12(19-2)13(11)15/h3-5,8-9H,6-7,15H2,1-2H3. The fraction of sp³-hybridized carbons (Fsp3) is 0.286. The molecule has 106 valence electrons. The lowest BCUT2D eigenvalue weighted by molar-refractivity contribution is 0.0510. The third-order valence-corrected chi connectivity index (χ3v) is 2.89. The number of hydrogen-bond donors (Lipinski definition) is 1. The SMILES string of the molecule is COc1cccc(C(=O)OCCc2cnn(C)c2)c1N. The van der Waals surface area contributed by atoms with Gasteiger partial charge in [-0.2, -0.15) is 5.10 Å². The topological polar surface area (TPSA) is 79.4 Å². The summed E-state index contributed by atoms with van der Waals surface area (Å²) in [6.07, 6.45) is 4.24. The van der Waals surface area contributed by atoms with E-state index < -0.39 is 5.97 Å². The molecule has 0 radical (unpaired) electrons. The number of nitrogens with two attached hydrogens (primary N) is 1. The first kappa shape index (κ1) is 13.9. The first-order chi connectivity index (χ1) is 9.61. The van der Waals surface area contributed by atoms with Crippen molar-refractivity contribution in [3.8, 4) is 5.75 Å². The van der Waals surface area contributed by atoms with Crippen LogP contribution >= 0.6 is 0 Å². The van der Waals surface area contributed by atoms with E-state index >= 15 is 0 Å². The Bertz CT molecular complexity index is 607. The van der Waals surface area contributed by atoms with Crippen molar-refractivity contribution in [1.29, 1.82) is 0 Å². The zero-order chi connectivity index (χ0) is 14.5. The highest BCUT2D eigenvalue weighted by atomic mass is 16.5. The average molecular weight is 275 g/mol. The molecule has 0 amide bonds. The molecular formula is C14H17N3O3. The Morgan fingerprint density at radius 2 is 2.25 bits per heavy atom. The summed E-state index contributed by atoms with van der Waals surface area (Å²) in [7, 11) is 3.34. The lowest BCUT2D eigenvalue weighted by atomic mass is 10.1. The Morgan fingerprint density at radius 1 is 1.45 bits per heavy atom. The van der Waals surface area contributed by atoms with E-state index in [4.69, 9.17) is 15.2 Å². The Hall–Kier alpha value is -2.50. The van der Waals surface area contributed by atoms with Gasteiger partial charge in [0.1, 0.15) is 5.75 Å². The zero-order valence-electron chi connectivity index (χ0n) is 11.5. The second kappa shape index (κ2) is 6.10. The van der Waals surface area contributed by atoms with E-state index in [0.717, 1.165) is 5.56 Å². The summed E-state index contributed by atoms with van der Waals surface area (Å²) in [6.45, 7) is 0.279. The number of anilines is 1. The van der Waals surface area contributed by atoms with Crippen molar-refractivity contribution in [1.82, 2.24) is 9.78 Å². The zero-order valence-corrected chi connectivity index (χ0v) is 11.5. The van der Waals surface area contributed by atoms with E-state index in [-0.39, 0.29) is 6.61 Å². The number of rotatable bonds is 5. The van der Waals surface area contributed by atoms with Crippen molar-refractivity contribution in [3.05, 3.63) is 41.7 Å². The maximum Gasteiger partial charge on any atom is 0.340 e. The highest BCUT2D eigenvalue weighted by Crippen LogP contribution is 2.25. The molecule has 0 unspecified atom stereocenters. The summed E-state index contributed by atoms with van der Waals surface area (Å²) in [5, 5.41) is 4.05. The van der Waals surface area contributed by atoms with E-state index in [9.17, 15) is 4.79 Å². The molecular weight excluding hydrogens is 258 g/mol. The normalized spacial score (nSPS) is 10.3. The van der Waals surface area contributed by atoms with Crippen LogP contribution in [0.15, 0.2) is 30.6 Å². The van der Waals surface area contributed by atoms with Gasteiger partial charge in [0.2, 0.25) is 0 Å². The Kier molecular flexibility index (Phi) is 4.24. The van der Waals surface area contributed by atoms with Crippen molar-refractivity contribution in [3.63, 3.8) is 0 Å². The van der Waals surface area contributed by atoms with Crippen molar-refractivity contribution in [2.45, 2.75) is 6.42 Å². The van der Waals surface area contributed by atoms with Crippen molar-refractivity contribution < 1.29 is 14.3 Å². The van der Waals surface area contributed by atoms with Crippen LogP contribution in [0.1, 0.15) is 15.9 Å². The summed E-state index contributed by atoms with van der Waals surface area (Å²) in [6, 6.07) is 5.01. The van der Waals surface area contributed by atoms with Gasteiger partial charge in [0.15, 0.2) is 0 Å². The lowest BCUT2D eigenvalue weighted by Crippen LogP contribution is -2.11. The fourth-order valence-corrected chi connectivity index (χ4v) is 1.84. The third-order valence-electron chi connectivity index (χ3n) is 2.89. The molecule has 1 aromatic carbocycles. The van der Waals surface area contributed by atoms with Crippen molar-refractivity contribution in [2.24, 2.45) is 7.05 Å². The summed E-state index contributed by atoms with van der Waals surface area (Å²) in [4.78, 5) is 12.0. The summed E-state index contributed by atoms with van der Waals surface area (Å²) < 4.78 is 12.0. The van der Waals surface area contributed by atoms with Gasteiger partial charge in [-0.1, -0.05) is 6.07 Å². The quantitative estimate of drug-likeness (QED) is 0.659. The summed E-state index contributed by atoms with van der Waals surface area (Å²) >= 11 is 0. The largest absolute Gasteiger partial charge is 0.495 e. The average Bonchev–Trinajstić information content (AvgIpc) is 2.84. The number of benzene rings is 1. The van der Waals surface area contributed by atoms with Crippen LogP contribution in [0, 0.1) is 0 Å².